The van der Waals surface area contributed by atoms with Gasteiger partial charge in [0.1, 0.15) is 23.5 Å². The van der Waals surface area contributed by atoms with Crippen molar-refractivity contribution in [3.05, 3.63) is 51.3 Å². The number of carbonyl (C=O) groups is 2. The van der Waals surface area contributed by atoms with Crippen LogP contribution in [-0.4, -0.2) is 42.9 Å². The number of aromatic nitrogens is 3. The van der Waals surface area contributed by atoms with Crippen LogP contribution in [-0.2, 0) is 13.5 Å². The van der Waals surface area contributed by atoms with Gasteiger partial charge in [-0.05, 0) is 6.07 Å². The van der Waals surface area contributed by atoms with E-state index in [-0.39, 0.29) is 5.82 Å². The third-order valence-electron chi connectivity index (χ3n) is 2.91. The fraction of sp³-hybridized carbons (Fsp3) is 0.231. The zero-order chi connectivity index (χ0) is 18.4. The number of rotatable bonds is 5. The number of aromatic carboxylic acids is 1. The lowest BCUT2D eigenvalue weighted by Crippen LogP contribution is -2.16. The molecule has 24 heavy (non-hydrogen) atoms. The Labute approximate surface area is 139 Å². The number of carboxylic acids is 1. The Morgan fingerprint density at radius 1 is 1.42 bits per heavy atom. The molecule has 0 saturated carbocycles. The second-order valence-corrected chi connectivity index (χ2v) is 4.31. The van der Waals surface area contributed by atoms with E-state index < -0.39 is 45.7 Å². The van der Waals surface area contributed by atoms with Gasteiger partial charge in [-0.15, -0.1) is 11.6 Å². The summed E-state index contributed by atoms with van der Waals surface area (Å²) in [5.41, 5.74) is -2.33. The van der Waals surface area contributed by atoms with Crippen molar-refractivity contribution in [2.75, 3.05) is 6.38 Å². The minimum atomic E-state index is -1.64. The lowest BCUT2D eigenvalue weighted by atomic mass is 9.99. The first-order valence-electron chi connectivity index (χ1n) is 6.26. The zero-order valence-electron chi connectivity index (χ0n) is 12.6. The van der Waals surface area contributed by atoms with E-state index >= 15 is 0 Å². The molecule has 2 rings (SSSR count). The van der Waals surface area contributed by atoms with Gasteiger partial charge in [0.05, 0.1) is 23.0 Å². The van der Waals surface area contributed by atoms with Crippen LogP contribution in [0.15, 0.2) is 18.5 Å². The highest BCUT2D eigenvalue weighted by Crippen LogP contribution is 2.26. The van der Waals surface area contributed by atoms with Gasteiger partial charge in [0.15, 0.2) is 5.78 Å². The van der Waals surface area contributed by atoms with Crippen LogP contribution in [0.4, 0.5) is 10.1 Å². The number of benzene rings is 1. The van der Waals surface area contributed by atoms with Crippen LogP contribution in [0.1, 0.15) is 26.5 Å². The summed E-state index contributed by atoms with van der Waals surface area (Å²) >= 11 is 4.64. The Morgan fingerprint density at radius 2 is 2.04 bits per heavy atom. The highest BCUT2D eigenvalue weighted by atomic mass is 35.5. The van der Waals surface area contributed by atoms with Gasteiger partial charge >= 0.3 is 5.97 Å². The first-order chi connectivity index (χ1) is 11.3. The first kappa shape index (κ1) is 19.2. The predicted octanol–water partition coefficient (Wildman–Crippen LogP) is 1.84. The second kappa shape index (κ2) is 8.11. The molecule has 0 fully saturated rings. The normalized spacial score (nSPS) is 9.83. The summed E-state index contributed by atoms with van der Waals surface area (Å²) in [6.45, 7) is 0. The molecule has 0 aliphatic carbocycles. The van der Waals surface area contributed by atoms with Crippen LogP contribution in [0.3, 0.4) is 0 Å². The Bertz CT molecular complexity index is 757. The number of halogens is 2. The van der Waals surface area contributed by atoms with Crippen LogP contribution in [0, 0.1) is 15.9 Å². The topological polar surface area (TPSA) is 128 Å². The number of carbonyl (C=O) groups excluding carboxylic acids is 1. The lowest BCUT2D eigenvalue weighted by Gasteiger charge is -2.06. The number of alkyl halides is 1. The average molecular weight is 359 g/mol. The Hall–Kier alpha value is -2.88. The molecule has 0 unspecified atom stereocenters. The molecule has 9 nitrogen and oxygen atoms in total. The van der Waals surface area contributed by atoms with E-state index in [9.17, 15) is 24.1 Å². The quantitative estimate of drug-likeness (QED) is 0.373. The number of Topliss-reactive ketones (excluding diaryl/α,β-unsaturated/α-hetero) is 1. The number of carboxylic acid groups (broad SMARTS) is 1. The smallest absolute Gasteiger partial charge is 0.336 e. The van der Waals surface area contributed by atoms with Gasteiger partial charge in [0.25, 0.3) is 5.69 Å². The van der Waals surface area contributed by atoms with Gasteiger partial charge in [-0.25, -0.2) is 14.2 Å². The van der Waals surface area contributed by atoms with E-state index in [1.54, 1.807) is 0 Å². The van der Waals surface area contributed by atoms with Crippen molar-refractivity contribution in [3.8, 4) is 0 Å². The first-order valence-corrected chi connectivity index (χ1v) is 7.02. The van der Waals surface area contributed by atoms with Crippen molar-refractivity contribution in [3.63, 3.8) is 0 Å². The third-order valence-corrected chi connectivity index (χ3v) is 2.91. The van der Waals surface area contributed by atoms with Crippen LogP contribution < -0.4 is 0 Å². The number of nitrogens with zero attached hydrogens (tertiary/aromatic N) is 4. The van der Waals surface area contributed by atoms with Gasteiger partial charge in [-0.3, -0.25) is 19.6 Å². The van der Waals surface area contributed by atoms with Crippen molar-refractivity contribution < 1.29 is 24.0 Å². The third kappa shape index (κ3) is 4.10. The highest BCUT2D eigenvalue weighted by Gasteiger charge is 2.29. The minimum absolute atomic E-state index is 0.194. The molecule has 1 aromatic carbocycles. The lowest BCUT2D eigenvalue weighted by molar-refractivity contribution is -0.385. The molecule has 0 aliphatic heterocycles. The minimum Gasteiger partial charge on any atom is -0.478 e. The summed E-state index contributed by atoms with van der Waals surface area (Å²) < 4.78 is 14.6. The summed E-state index contributed by atoms with van der Waals surface area (Å²) in [4.78, 5) is 37.2. The Kier molecular flexibility index (Phi) is 6.48. The molecule has 128 valence electrons. The van der Waals surface area contributed by atoms with Crippen LogP contribution in [0.25, 0.3) is 0 Å². The average Bonchev–Trinajstić information content (AvgIpc) is 2.93. The second-order valence-electron chi connectivity index (χ2n) is 4.31. The van der Waals surface area contributed by atoms with Crippen molar-refractivity contribution in [2.24, 2.45) is 7.05 Å². The van der Waals surface area contributed by atoms with E-state index in [0.717, 1.165) is 0 Å². The molecule has 0 atom stereocenters. The molecular formula is C13H12ClFN4O5. The molecule has 0 spiro atoms. The number of nitro benzene ring substituents is 1. The van der Waals surface area contributed by atoms with Crippen molar-refractivity contribution in [2.45, 2.75) is 6.42 Å². The largest absolute Gasteiger partial charge is 0.478 e. The number of aryl methyl sites for hydroxylation is 1. The van der Waals surface area contributed by atoms with E-state index in [1.807, 2.05) is 0 Å². The van der Waals surface area contributed by atoms with Crippen LogP contribution >= 0.6 is 11.6 Å². The van der Waals surface area contributed by atoms with Gasteiger partial charge in [0.2, 0.25) is 0 Å². The van der Waals surface area contributed by atoms with E-state index in [4.69, 9.17) is 5.11 Å². The fourth-order valence-corrected chi connectivity index (χ4v) is 1.91. The molecule has 1 heterocycles. The number of nitro groups is 1. The molecule has 0 saturated heterocycles. The van der Waals surface area contributed by atoms with Gasteiger partial charge in [0, 0.05) is 13.4 Å². The summed E-state index contributed by atoms with van der Waals surface area (Å²) in [6.07, 6.45) is 2.25. The highest BCUT2D eigenvalue weighted by molar-refractivity contribution is 6.15. The summed E-state index contributed by atoms with van der Waals surface area (Å²) in [6, 6.07) is 1.08. The van der Waals surface area contributed by atoms with Crippen LogP contribution in [0.5, 0.6) is 0 Å². The van der Waals surface area contributed by atoms with Gasteiger partial charge < -0.3 is 5.11 Å². The molecule has 0 bridgehead atoms. The molecule has 1 aromatic heterocycles. The maximum atomic E-state index is 13.3. The standard InChI is InChI=1S/C12H9FN4O5.CH3Cl/c1-16-10(14-5-15-16)4-9(18)11-7(12(19)20)2-6(13)3-8(11)17(21)22;1-2/h2-3,5H,4H2,1H3,(H,19,20);1H3. The number of hydrogen-bond acceptors (Lipinski definition) is 6. The van der Waals surface area contributed by atoms with Crippen LogP contribution in [0.2, 0.25) is 0 Å². The van der Waals surface area contributed by atoms with E-state index in [1.165, 1.54) is 24.4 Å². The molecule has 2 aromatic rings. The SMILES string of the molecule is CCl.Cn1ncnc1CC(=O)c1c(C(=O)O)cc(F)cc1[N+](=O)[O-]. The van der Waals surface area contributed by atoms with E-state index in [0.29, 0.717) is 12.1 Å². The monoisotopic (exact) mass is 358 g/mol. The molecule has 0 radical (unpaired) electrons. The molecule has 0 amide bonds. The summed E-state index contributed by atoms with van der Waals surface area (Å²) in [5.74, 6) is -3.41. The number of hydrogen-bond donors (Lipinski definition) is 1. The Balaban J connectivity index is 0.00000139. The van der Waals surface area contributed by atoms with E-state index in [2.05, 4.69) is 21.7 Å². The summed E-state index contributed by atoms with van der Waals surface area (Å²) in [5, 5.41) is 23.8. The van der Waals surface area contributed by atoms with Crippen molar-refractivity contribution in [1.82, 2.24) is 14.8 Å². The zero-order valence-corrected chi connectivity index (χ0v) is 13.3. The van der Waals surface area contributed by atoms with Gasteiger partial charge in [-0.1, -0.05) is 0 Å². The molecule has 0 aliphatic rings. The molecular weight excluding hydrogens is 347 g/mol. The van der Waals surface area contributed by atoms with Crippen molar-refractivity contribution >= 4 is 29.0 Å². The van der Waals surface area contributed by atoms with Crippen molar-refractivity contribution in [1.29, 1.82) is 0 Å². The molecule has 11 heteroatoms. The predicted molar refractivity (Wildman–Crippen MR) is 80.8 cm³/mol. The maximum Gasteiger partial charge on any atom is 0.336 e. The van der Waals surface area contributed by atoms with Gasteiger partial charge in [-0.2, -0.15) is 5.10 Å². The molecule has 1 N–H and O–H groups in total. The summed E-state index contributed by atoms with van der Waals surface area (Å²) in [7, 11) is 1.51. The maximum absolute atomic E-state index is 13.3. The Morgan fingerprint density at radius 3 is 2.50 bits per heavy atom. The fourth-order valence-electron chi connectivity index (χ4n) is 1.91. The number of ketones is 1.